The fourth-order valence-electron chi connectivity index (χ4n) is 11.2. The number of hydroxylamine groups is 4. The molecular formula is C46H82N4O8. The molecular weight excluding hydrogens is 737 g/mol. The number of piperidine rings is 2. The van der Waals surface area contributed by atoms with Gasteiger partial charge in [-0.05, 0) is 81.1 Å². The number of carbonyl (C=O) groups is 4. The van der Waals surface area contributed by atoms with E-state index in [4.69, 9.17) is 19.1 Å². The predicted octanol–water partition coefficient (Wildman–Crippen LogP) is 10.7. The van der Waals surface area contributed by atoms with Gasteiger partial charge in [0.05, 0.1) is 26.1 Å². The molecule has 0 aromatic heterocycles. The Labute approximate surface area is 351 Å². The first kappa shape index (κ1) is 48.4. The number of imide groups is 2. The summed E-state index contributed by atoms with van der Waals surface area (Å²) in [7, 11) is 0. The summed E-state index contributed by atoms with van der Waals surface area (Å²) in [6, 6.07) is 0. The van der Waals surface area contributed by atoms with Gasteiger partial charge in [0.15, 0.2) is 0 Å². The van der Waals surface area contributed by atoms with Crippen LogP contribution in [0.5, 0.6) is 0 Å². The molecule has 0 aliphatic carbocycles. The monoisotopic (exact) mass is 819 g/mol. The Morgan fingerprint density at radius 3 is 1.05 bits per heavy atom. The molecule has 4 fully saturated rings. The van der Waals surface area contributed by atoms with Gasteiger partial charge in [0.1, 0.15) is 11.2 Å². The molecule has 12 nitrogen and oxygen atoms in total. The minimum atomic E-state index is -0.866. The Morgan fingerprint density at radius 1 is 0.448 bits per heavy atom. The van der Waals surface area contributed by atoms with Crippen molar-refractivity contribution in [3.63, 3.8) is 0 Å². The number of hydrogen-bond donors (Lipinski definition) is 0. The maximum atomic E-state index is 13.5. The lowest BCUT2D eigenvalue weighted by Crippen LogP contribution is -2.68. The number of amides is 4. The zero-order chi connectivity index (χ0) is 42.8. The molecule has 2 spiro atoms. The molecule has 0 N–H and O–H groups in total. The van der Waals surface area contributed by atoms with Gasteiger partial charge in [-0.25, -0.2) is 19.4 Å². The first-order chi connectivity index (χ1) is 27.2. The van der Waals surface area contributed by atoms with Gasteiger partial charge in [0.2, 0.25) is 11.8 Å². The highest BCUT2D eigenvalue weighted by atomic mass is 16.7. The summed E-state index contributed by atoms with van der Waals surface area (Å²) in [6.07, 6.45) is 18.3. The third-order valence-corrected chi connectivity index (χ3v) is 12.8. The fraction of sp³-hybridized carbons (Fsp3) is 0.913. The lowest BCUT2D eigenvalue weighted by atomic mass is 9.70. The van der Waals surface area contributed by atoms with Gasteiger partial charge < -0.3 is 9.47 Å². The number of rotatable bonds is 23. The standard InChI is InChI=1S/C46H82N4O8/c1-11-13-15-17-21-25-29-55-49-41(3,4)33-45(34-42(49,5)6)31-37(51)47(39(53)57-45)27-23-19-20-24-28-48-38(52)32-46(58-40(48)54)35-43(7,8)50(44(9,10)36-46)56-30-26-22-18-16-14-12-2/h11-36H2,1-10H3. The van der Waals surface area contributed by atoms with Crippen molar-refractivity contribution < 1.29 is 38.3 Å². The van der Waals surface area contributed by atoms with Gasteiger partial charge in [-0.2, -0.15) is 10.1 Å². The van der Waals surface area contributed by atoms with Crippen LogP contribution in [0.2, 0.25) is 0 Å². The summed E-state index contributed by atoms with van der Waals surface area (Å²) in [5.41, 5.74) is -3.45. The van der Waals surface area contributed by atoms with Crippen molar-refractivity contribution in [3.05, 3.63) is 0 Å². The van der Waals surface area contributed by atoms with Gasteiger partial charge >= 0.3 is 12.2 Å². The lowest BCUT2D eigenvalue weighted by molar-refractivity contribution is -0.307. The number of hydrogen-bond acceptors (Lipinski definition) is 10. The van der Waals surface area contributed by atoms with Crippen molar-refractivity contribution in [2.24, 2.45) is 0 Å². The maximum absolute atomic E-state index is 13.5. The fourth-order valence-corrected chi connectivity index (χ4v) is 11.2. The van der Waals surface area contributed by atoms with Crippen molar-refractivity contribution in [2.45, 2.75) is 244 Å². The maximum Gasteiger partial charge on any atom is 0.417 e. The molecule has 0 radical (unpaired) electrons. The Bertz CT molecular complexity index is 1200. The van der Waals surface area contributed by atoms with E-state index in [9.17, 15) is 19.2 Å². The van der Waals surface area contributed by atoms with Crippen LogP contribution in [0.25, 0.3) is 0 Å². The van der Waals surface area contributed by atoms with Crippen molar-refractivity contribution in [3.8, 4) is 0 Å². The molecule has 4 aliphatic heterocycles. The van der Waals surface area contributed by atoms with Crippen LogP contribution < -0.4 is 0 Å². The first-order valence-corrected chi connectivity index (χ1v) is 23.2. The van der Waals surface area contributed by atoms with Gasteiger partial charge in [0, 0.05) is 60.9 Å². The second-order valence-corrected chi connectivity index (χ2v) is 20.7. The molecule has 0 aromatic carbocycles. The van der Waals surface area contributed by atoms with Gasteiger partial charge in [-0.15, -0.1) is 0 Å². The predicted molar refractivity (Wildman–Crippen MR) is 227 cm³/mol. The average Bonchev–Trinajstić information content (AvgIpc) is 3.08. The van der Waals surface area contributed by atoms with Crippen molar-refractivity contribution in [1.29, 1.82) is 0 Å². The van der Waals surface area contributed by atoms with Crippen LogP contribution >= 0.6 is 0 Å². The van der Waals surface area contributed by atoms with E-state index in [0.29, 0.717) is 51.7 Å². The highest BCUT2D eigenvalue weighted by Crippen LogP contribution is 2.50. The quantitative estimate of drug-likeness (QED) is 0.0922. The van der Waals surface area contributed by atoms with E-state index < -0.39 is 45.5 Å². The minimum absolute atomic E-state index is 0.163. The molecule has 334 valence electrons. The number of unbranched alkanes of at least 4 members (excludes halogenated alkanes) is 13. The lowest BCUT2D eigenvalue weighted by Gasteiger charge is -2.58. The van der Waals surface area contributed by atoms with E-state index in [-0.39, 0.29) is 37.7 Å². The average molecular weight is 819 g/mol. The smallest absolute Gasteiger partial charge is 0.417 e. The van der Waals surface area contributed by atoms with E-state index >= 15 is 0 Å². The highest BCUT2D eigenvalue weighted by Gasteiger charge is 2.60. The van der Waals surface area contributed by atoms with Crippen LogP contribution in [0.4, 0.5) is 9.59 Å². The normalized spacial score (nSPS) is 23.8. The number of ether oxygens (including phenoxy) is 2. The van der Waals surface area contributed by atoms with Crippen LogP contribution in [0.15, 0.2) is 0 Å². The minimum Gasteiger partial charge on any atom is -0.442 e. The van der Waals surface area contributed by atoms with Crippen LogP contribution in [0, 0.1) is 0 Å². The molecule has 0 unspecified atom stereocenters. The second-order valence-electron chi connectivity index (χ2n) is 20.7. The zero-order valence-corrected chi connectivity index (χ0v) is 38.4. The van der Waals surface area contributed by atoms with E-state index in [1.54, 1.807) is 0 Å². The van der Waals surface area contributed by atoms with Crippen LogP contribution in [-0.4, -0.2) is 104 Å². The second kappa shape index (κ2) is 20.5. The summed E-state index contributed by atoms with van der Waals surface area (Å²) in [6.45, 7) is 23.2. The summed E-state index contributed by atoms with van der Waals surface area (Å²) >= 11 is 0. The third kappa shape index (κ3) is 12.6. The van der Waals surface area contributed by atoms with E-state index in [0.717, 1.165) is 38.5 Å². The molecule has 4 amide bonds. The summed E-state index contributed by atoms with van der Waals surface area (Å²) in [5, 5.41) is 4.16. The van der Waals surface area contributed by atoms with Crippen LogP contribution in [-0.2, 0) is 28.7 Å². The van der Waals surface area contributed by atoms with Gasteiger partial charge in [-0.3, -0.25) is 19.3 Å². The molecule has 4 saturated heterocycles. The highest BCUT2D eigenvalue weighted by molar-refractivity contribution is 5.95. The van der Waals surface area contributed by atoms with Crippen molar-refractivity contribution in [1.82, 2.24) is 19.9 Å². The number of carbonyl (C=O) groups excluding carboxylic acids is 4. The zero-order valence-electron chi connectivity index (χ0n) is 38.4. The molecule has 4 heterocycles. The Morgan fingerprint density at radius 2 is 0.741 bits per heavy atom. The first-order valence-electron chi connectivity index (χ1n) is 23.2. The van der Waals surface area contributed by atoms with Crippen molar-refractivity contribution >= 4 is 24.0 Å². The largest absolute Gasteiger partial charge is 0.442 e. The van der Waals surface area contributed by atoms with Gasteiger partial charge in [0.25, 0.3) is 0 Å². The molecule has 0 saturated carbocycles. The Balaban J connectivity index is 1.18. The van der Waals surface area contributed by atoms with Gasteiger partial charge in [-0.1, -0.05) is 90.9 Å². The van der Waals surface area contributed by atoms with Crippen LogP contribution in [0.1, 0.15) is 210 Å². The van der Waals surface area contributed by atoms with Crippen LogP contribution in [0.3, 0.4) is 0 Å². The van der Waals surface area contributed by atoms with E-state index in [1.807, 2.05) is 0 Å². The molecule has 0 atom stereocenters. The summed E-state index contributed by atoms with van der Waals surface area (Å²) in [4.78, 5) is 69.0. The topological polar surface area (TPSA) is 118 Å². The SMILES string of the molecule is CCCCCCCCON1C(C)(C)CC2(CC(=O)N(CCCCCCN3C(=O)CC4(CC(C)(C)N(OCCCCCCCC)C(C)(C)C4)OC3=O)C(=O)O2)CC1(C)C. The third-order valence-electron chi connectivity index (χ3n) is 12.8. The summed E-state index contributed by atoms with van der Waals surface area (Å²) < 4.78 is 12.3. The molecule has 0 aromatic rings. The molecule has 0 bridgehead atoms. The molecule has 58 heavy (non-hydrogen) atoms. The molecule has 4 aliphatic rings. The van der Waals surface area contributed by atoms with Crippen molar-refractivity contribution in [2.75, 3.05) is 26.3 Å². The number of nitrogens with zero attached hydrogens (tertiary/aromatic N) is 4. The molecule has 4 rings (SSSR count). The summed E-state index contributed by atoms with van der Waals surface area (Å²) in [5.74, 6) is -0.386. The van der Waals surface area contributed by atoms with E-state index in [2.05, 4.69) is 79.4 Å². The van der Waals surface area contributed by atoms with E-state index in [1.165, 1.54) is 61.2 Å². The Kier molecular flexibility index (Phi) is 17.1. The molecule has 12 heteroatoms. The Hall–Kier alpha value is -2.28.